The molecule has 21 heavy (non-hydrogen) atoms. The van der Waals surface area contributed by atoms with Crippen molar-refractivity contribution < 1.29 is 13.9 Å². The second-order valence-corrected chi connectivity index (χ2v) is 4.80. The monoisotopic (exact) mass is 283 g/mol. The molecule has 106 valence electrons. The van der Waals surface area contributed by atoms with E-state index < -0.39 is 6.10 Å². The zero-order valence-corrected chi connectivity index (χ0v) is 11.2. The second kappa shape index (κ2) is 5.79. The van der Waals surface area contributed by atoms with Gasteiger partial charge in [0.1, 0.15) is 11.9 Å². The molecule has 0 radical (unpaired) electrons. The Morgan fingerprint density at radius 1 is 1.10 bits per heavy atom. The molecule has 0 spiro atoms. The molecule has 1 aliphatic rings. The number of halogens is 1. The van der Waals surface area contributed by atoms with Gasteiger partial charge in [-0.2, -0.15) is 0 Å². The molecule has 2 atom stereocenters. The number of benzene rings is 2. The van der Waals surface area contributed by atoms with Crippen LogP contribution >= 0.6 is 0 Å². The van der Waals surface area contributed by atoms with Gasteiger partial charge >= 0.3 is 5.97 Å². The number of carbonyl (C=O) groups is 1. The van der Waals surface area contributed by atoms with Crippen molar-refractivity contribution in [2.75, 3.05) is 5.32 Å². The van der Waals surface area contributed by atoms with E-state index in [1.165, 1.54) is 18.2 Å². The Hall–Kier alpha value is -2.62. The first-order chi connectivity index (χ1) is 10.2. The summed E-state index contributed by atoms with van der Waals surface area (Å²) in [6.45, 7) is 0. The van der Waals surface area contributed by atoms with E-state index in [9.17, 15) is 9.18 Å². The summed E-state index contributed by atoms with van der Waals surface area (Å²) in [6, 6.07) is 15.6. The summed E-state index contributed by atoms with van der Waals surface area (Å²) in [5.41, 5.74) is 1.60. The minimum absolute atomic E-state index is 0.268. The number of ether oxygens (including phenoxy) is 1. The molecule has 0 amide bonds. The van der Waals surface area contributed by atoms with Crippen LogP contribution in [-0.2, 0) is 9.53 Å². The molecule has 0 aliphatic carbocycles. The average Bonchev–Trinajstić information content (AvgIpc) is 2.92. The van der Waals surface area contributed by atoms with Crippen molar-refractivity contribution in [3.63, 3.8) is 0 Å². The van der Waals surface area contributed by atoms with Crippen LogP contribution in [0.1, 0.15) is 11.6 Å². The number of esters is 1. The van der Waals surface area contributed by atoms with E-state index in [1.54, 1.807) is 18.2 Å². The van der Waals surface area contributed by atoms with Gasteiger partial charge in [0.15, 0.2) is 0 Å². The van der Waals surface area contributed by atoms with Gasteiger partial charge in [-0.1, -0.05) is 36.4 Å². The first kappa shape index (κ1) is 13.4. The maximum absolute atomic E-state index is 13.3. The lowest BCUT2D eigenvalue weighted by Gasteiger charge is -2.24. The fourth-order valence-electron chi connectivity index (χ4n) is 2.34. The molecule has 2 aromatic carbocycles. The number of hydrogen-bond acceptors (Lipinski definition) is 3. The Labute approximate surface area is 122 Å². The van der Waals surface area contributed by atoms with Gasteiger partial charge in [-0.25, -0.2) is 9.18 Å². The normalized spacial score (nSPS) is 18.3. The predicted molar refractivity (Wildman–Crippen MR) is 78.2 cm³/mol. The van der Waals surface area contributed by atoms with Gasteiger partial charge in [0.2, 0.25) is 0 Å². The SMILES string of the molecule is O=C1C=C[C@@H]([C@H](Nc2cccc(F)c2)c2ccccc2)O1. The van der Waals surface area contributed by atoms with E-state index in [1.807, 2.05) is 30.3 Å². The van der Waals surface area contributed by atoms with Gasteiger partial charge in [-0.05, 0) is 29.8 Å². The lowest BCUT2D eigenvalue weighted by atomic mass is 10.0. The zero-order chi connectivity index (χ0) is 14.7. The number of rotatable bonds is 4. The summed E-state index contributed by atoms with van der Waals surface area (Å²) >= 11 is 0. The molecule has 1 aliphatic heterocycles. The molecule has 3 rings (SSSR count). The summed E-state index contributed by atoms with van der Waals surface area (Å²) < 4.78 is 18.6. The summed E-state index contributed by atoms with van der Waals surface area (Å²) in [6.07, 6.45) is 2.71. The maximum atomic E-state index is 13.3. The minimum Gasteiger partial charge on any atom is -0.452 e. The van der Waals surface area contributed by atoms with Crippen molar-refractivity contribution in [3.05, 3.63) is 78.1 Å². The van der Waals surface area contributed by atoms with Gasteiger partial charge < -0.3 is 10.1 Å². The number of cyclic esters (lactones) is 1. The maximum Gasteiger partial charge on any atom is 0.331 e. The van der Waals surface area contributed by atoms with Crippen LogP contribution in [0.3, 0.4) is 0 Å². The number of hydrogen-bond donors (Lipinski definition) is 1. The zero-order valence-electron chi connectivity index (χ0n) is 11.2. The van der Waals surface area contributed by atoms with E-state index in [2.05, 4.69) is 5.32 Å². The lowest BCUT2D eigenvalue weighted by Crippen LogP contribution is -2.25. The van der Waals surface area contributed by atoms with E-state index in [4.69, 9.17) is 4.74 Å². The Bertz CT molecular complexity index is 670. The van der Waals surface area contributed by atoms with Crippen molar-refractivity contribution in [1.29, 1.82) is 0 Å². The van der Waals surface area contributed by atoms with Crippen LogP contribution in [0.25, 0.3) is 0 Å². The molecule has 3 nitrogen and oxygen atoms in total. The van der Waals surface area contributed by atoms with E-state index in [-0.39, 0.29) is 17.8 Å². The van der Waals surface area contributed by atoms with Crippen molar-refractivity contribution in [3.8, 4) is 0 Å². The molecule has 0 saturated heterocycles. The number of carbonyl (C=O) groups excluding carboxylic acids is 1. The van der Waals surface area contributed by atoms with Crippen LogP contribution in [0, 0.1) is 5.82 Å². The van der Waals surface area contributed by atoms with Gasteiger partial charge in [0.05, 0.1) is 6.04 Å². The summed E-state index contributed by atoms with van der Waals surface area (Å²) in [5, 5.41) is 3.23. The Morgan fingerprint density at radius 2 is 1.90 bits per heavy atom. The van der Waals surface area contributed by atoms with Crippen molar-refractivity contribution >= 4 is 11.7 Å². The molecule has 1 N–H and O–H groups in total. The first-order valence-corrected chi connectivity index (χ1v) is 6.68. The van der Waals surface area contributed by atoms with Crippen LogP contribution in [0.15, 0.2) is 66.7 Å². The lowest BCUT2D eigenvalue weighted by molar-refractivity contribution is -0.139. The third kappa shape index (κ3) is 3.11. The smallest absolute Gasteiger partial charge is 0.331 e. The van der Waals surface area contributed by atoms with Crippen molar-refractivity contribution in [2.24, 2.45) is 0 Å². The van der Waals surface area contributed by atoms with E-state index >= 15 is 0 Å². The fraction of sp³-hybridized carbons (Fsp3) is 0.118. The van der Waals surface area contributed by atoms with Crippen LogP contribution in [-0.4, -0.2) is 12.1 Å². The Kier molecular flexibility index (Phi) is 3.69. The molecular weight excluding hydrogens is 269 g/mol. The highest BCUT2D eigenvalue weighted by Crippen LogP contribution is 2.28. The second-order valence-electron chi connectivity index (χ2n) is 4.80. The van der Waals surface area contributed by atoms with Crippen molar-refractivity contribution in [1.82, 2.24) is 0 Å². The molecular formula is C17H14FNO2. The van der Waals surface area contributed by atoms with E-state index in [0.717, 1.165) is 5.56 Å². The molecule has 0 bridgehead atoms. The largest absolute Gasteiger partial charge is 0.452 e. The molecule has 0 unspecified atom stereocenters. The number of anilines is 1. The standard InChI is InChI=1S/C17H14FNO2/c18-13-7-4-8-14(11-13)19-17(12-5-2-1-3-6-12)15-9-10-16(20)21-15/h1-11,15,17,19H/t15-,17+/m0/s1. The third-order valence-corrected chi connectivity index (χ3v) is 3.31. The summed E-state index contributed by atoms with van der Waals surface area (Å²) in [7, 11) is 0. The molecule has 0 saturated carbocycles. The van der Waals surface area contributed by atoms with Crippen LogP contribution in [0.5, 0.6) is 0 Å². The molecule has 2 aromatic rings. The average molecular weight is 283 g/mol. The summed E-state index contributed by atoms with van der Waals surface area (Å²) in [4.78, 5) is 11.3. The Balaban J connectivity index is 1.89. The van der Waals surface area contributed by atoms with Gasteiger partial charge in [0.25, 0.3) is 0 Å². The van der Waals surface area contributed by atoms with Crippen molar-refractivity contribution in [2.45, 2.75) is 12.1 Å². The van der Waals surface area contributed by atoms with Gasteiger partial charge in [0, 0.05) is 11.8 Å². The third-order valence-electron chi connectivity index (χ3n) is 3.31. The quantitative estimate of drug-likeness (QED) is 0.873. The summed E-state index contributed by atoms with van der Waals surface area (Å²) in [5.74, 6) is -0.673. The number of nitrogens with one attached hydrogen (secondary N) is 1. The highest BCUT2D eigenvalue weighted by molar-refractivity contribution is 5.84. The molecule has 0 aromatic heterocycles. The molecule has 0 fully saturated rings. The minimum atomic E-state index is -0.414. The van der Waals surface area contributed by atoms with Crippen LogP contribution < -0.4 is 5.32 Å². The highest BCUT2D eigenvalue weighted by atomic mass is 19.1. The van der Waals surface area contributed by atoms with Crippen LogP contribution in [0.4, 0.5) is 10.1 Å². The highest BCUT2D eigenvalue weighted by Gasteiger charge is 2.27. The molecule has 1 heterocycles. The fourth-order valence-corrected chi connectivity index (χ4v) is 2.34. The van der Waals surface area contributed by atoms with Crippen LogP contribution in [0.2, 0.25) is 0 Å². The predicted octanol–water partition coefficient (Wildman–Crippen LogP) is 3.46. The topological polar surface area (TPSA) is 38.3 Å². The van der Waals surface area contributed by atoms with E-state index in [0.29, 0.717) is 5.69 Å². The first-order valence-electron chi connectivity index (χ1n) is 6.68. The Morgan fingerprint density at radius 3 is 2.57 bits per heavy atom. The van der Waals surface area contributed by atoms with Gasteiger partial charge in [-0.3, -0.25) is 0 Å². The molecule has 4 heteroatoms. The van der Waals surface area contributed by atoms with Gasteiger partial charge in [-0.15, -0.1) is 0 Å².